The summed E-state index contributed by atoms with van der Waals surface area (Å²) in [6.45, 7) is 26.1. The Morgan fingerprint density at radius 1 is 0.871 bits per heavy atom. The van der Waals surface area contributed by atoms with E-state index in [0.717, 1.165) is 6.42 Å². The molecular weight excluding hydrogens is 429 g/mol. The molecule has 0 amide bonds. The summed E-state index contributed by atoms with van der Waals surface area (Å²) in [5.41, 5.74) is 1.30. The third-order valence-corrected chi connectivity index (χ3v) is 13.9. The van der Waals surface area contributed by atoms with Gasteiger partial charge in [-0.15, -0.1) is 0 Å². The number of rotatable bonds is 10. The van der Waals surface area contributed by atoms with Gasteiger partial charge in [-0.2, -0.15) is 0 Å². The Hall–Kier alpha value is -0.0957. The fraction of sp³-hybridized carbons (Fsp3) is 0.714. The van der Waals surface area contributed by atoms with E-state index in [0.29, 0.717) is 0 Å². The van der Waals surface area contributed by atoms with Crippen molar-refractivity contribution < 1.29 is 21.7 Å². The zero-order valence-corrected chi connectivity index (χ0v) is 25.1. The Balaban J connectivity index is 0. The van der Waals surface area contributed by atoms with Crippen LogP contribution in [0.3, 0.4) is 0 Å². The Morgan fingerprint density at radius 3 is 1.68 bits per heavy atom. The quantitative estimate of drug-likeness (QED) is 0.167. The summed E-state index contributed by atoms with van der Waals surface area (Å²) in [7, 11) is -1.64. The smallest absolute Gasteiger partial charge is 0.0425 e. The third kappa shape index (κ3) is 8.32. The number of hydrogen-bond acceptors (Lipinski definition) is 1. The van der Waals surface area contributed by atoms with Gasteiger partial charge in [0, 0.05) is 49.3 Å². The number of unbranched alkanes of at least 4 members (excludes halogenated alkanes) is 1. The molecule has 0 aromatic carbocycles. The van der Waals surface area contributed by atoms with Crippen molar-refractivity contribution in [3.8, 4) is 0 Å². The zero-order valence-electron chi connectivity index (χ0n) is 22.7. The Bertz CT molecular complexity index is 628. The molecule has 31 heavy (non-hydrogen) atoms. The SMILES string of the molecule is CC=CC=CCCC.CCC(C)(C)P(=NC1=CC=CC1)(C(C)(C)CC)C(C)(C)CC.[Ti]. The normalized spacial score (nSPS) is 15.0. The number of allylic oxidation sites excluding steroid dienone is 7. The van der Waals surface area contributed by atoms with Crippen LogP contribution in [0.1, 0.15) is 115 Å². The van der Waals surface area contributed by atoms with Crippen LogP contribution in [0.2, 0.25) is 0 Å². The molecule has 0 heterocycles. The molecule has 0 saturated carbocycles. The van der Waals surface area contributed by atoms with Crippen molar-refractivity contribution in [3.05, 3.63) is 48.2 Å². The predicted octanol–water partition coefficient (Wildman–Crippen LogP) is 10.5. The van der Waals surface area contributed by atoms with E-state index in [2.05, 4.69) is 106 Å². The molecule has 0 aromatic heterocycles. The van der Waals surface area contributed by atoms with Gasteiger partial charge in [0.25, 0.3) is 0 Å². The minimum Gasteiger partial charge on any atom is -0.270 e. The molecule has 0 atom stereocenters. The molecule has 0 saturated heterocycles. The van der Waals surface area contributed by atoms with E-state index in [1.165, 1.54) is 37.8 Å². The maximum atomic E-state index is 5.64. The molecule has 0 unspecified atom stereocenters. The number of hydrogen-bond donors (Lipinski definition) is 0. The van der Waals surface area contributed by atoms with Crippen LogP contribution in [0, 0.1) is 0 Å². The van der Waals surface area contributed by atoms with Crippen molar-refractivity contribution in [1.29, 1.82) is 0 Å². The van der Waals surface area contributed by atoms with Crippen LogP contribution in [-0.4, -0.2) is 15.5 Å². The summed E-state index contributed by atoms with van der Waals surface area (Å²) in [5, 5.41) is 0.778. The average Bonchev–Trinajstić information content (AvgIpc) is 3.22. The summed E-state index contributed by atoms with van der Waals surface area (Å²) < 4.78 is 5.64. The van der Waals surface area contributed by atoms with E-state index in [9.17, 15) is 0 Å². The van der Waals surface area contributed by atoms with Gasteiger partial charge in [-0.1, -0.05) is 112 Å². The molecule has 1 rings (SSSR count). The van der Waals surface area contributed by atoms with E-state index in [1.807, 2.05) is 13.0 Å². The van der Waals surface area contributed by atoms with Crippen LogP contribution >= 0.6 is 7.05 Å². The predicted molar refractivity (Wildman–Crippen MR) is 143 cm³/mol. The standard InChI is InChI=1S/C20H38NP.C8H14.Ti/c1-10-18(4,5)22(19(6,7)11-2,20(8,9)12-3)21-17-15-13-14-16-17;1-3-5-7-8-6-4-2;/h13-15H,10-12,16H2,1-9H3;3,5,7-8H,4,6H2,1-2H3;. The summed E-state index contributed by atoms with van der Waals surface area (Å²) in [5.74, 6) is 0. The van der Waals surface area contributed by atoms with Gasteiger partial charge in [0.15, 0.2) is 0 Å². The molecule has 3 heteroatoms. The number of nitrogens with zero attached hydrogens (tertiary/aromatic N) is 1. The fourth-order valence-electron chi connectivity index (χ4n) is 4.71. The fourth-order valence-corrected chi connectivity index (χ4v) is 12.3. The van der Waals surface area contributed by atoms with Crippen LogP contribution < -0.4 is 0 Å². The van der Waals surface area contributed by atoms with Gasteiger partial charge in [-0.25, -0.2) is 0 Å². The summed E-state index contributed by atoms with van der Waals surface area (Å²) in [6.07, 6.45) is 22.0. The van der Waals surface area contributed by atoms with Crippen LogP contribution in [0.5, 0.6) is 0 Å². The monoisotopic (exact) mass is 481 g/mol. The Labute approximate surface area is 211 Å². The molecule has 0 fully saturated rings. The van der Waals surface area contributed by atoms with Gasteiger partial charge in [0.2, 0.25) is 0 Å². The molecule has 1 nitrogen and oxygen atoms in total. The second kappa shape index (κ2) is 14.9. The van der Waals surface area contributed by atoms with Crippen LogP contribution in [0.15, 0.2) is 53.0 Å². The molecule has 0 aromatic rings. The van der Waals surface area contributed by atoms with Gasteiger partial charge in [0.05, 0.1) is 0 Å². The average molecular weight is 482 g/mol. The summed E-state index contributed by atoms with van der Waals surface area (Å²) in [6, 6.07) is 0. The van der Waals surface area contributed by atoms with Crippen molar-refractivity contribution in [2.75, 3.05) is 0 Å². The first-order chi connectivity index (χ1) is 13.9. The van der Waals surface area contributed by atoms with E-state index in [-0.39, 0.29) is 37.2 Å². The van der Waals surface area contributed by atoms with Gasteiger partial charge < -0.3 is 0 Å². The van der Waals surface area contributed by atoms with Crippen molar-refractivity contribution in [3.63, 3.8) is 0 Å². The van der Waals surface area contributed by atoms with Gasteiger partial charge in [-0.3, -0.25) is 4.74 Å². The Kier molecular flexibility index (Phi) is 15.9. The van der Waals surface area contributed by atoms with Crippen molar-refractivity contribution in [2.24, 2.45) is 4.74 Å². The molecule has 0 spiro atoms. The van der Waals surface area contributed by atoms with Crippen LogP contribution in [0.4, 0.5) is 0 Å². The molecular formula is C28H52NPTi. The van der Waals surface area contributed by atoms with Gasteiger partial charge in [-0.05, 0) is 45.7 Å². The van der Waals surface area contributed by atoms with E-state index < -0.39 is 7.05 Å². The zero-order chi connectivity index (χ0) is 23.5. The minimum atomic E-state index is -1.64. The van der Waals surface area contributed by atoms with E-state index in [1.54, 1.807) is 0 Å². The maximum Gasteiger partial charge on any atom is 0.0425 e. The van der Waals surface area contributed by atoms with Crippen molar-refractivity contribution in [2.45, 2.75) is 130 Å². The van der Waals surface area contributed by atoms with Crippen LogP contribution in [0.25, 0.3) is 0 Å². The second-order valence-corrected chi connectivity index (χ2v) is 15.4. The van der Waals surface area contributed by atoms with Crippen LogP contribution in [-0.2, 0) is 21.7 Å². The topological polar surface area (TPSA) is 12.4 Å². The summed E-state index contributed by atoms with van der Waals surface area (Å²) >= 11 is 0. The molecule has 0 bridgehead atoms. The largest absolute Gasteiger partial charge is 0.270 e. The van der Waals surface area contributed by atoms with Gasteiger partial charge >= 0.3 is 0 Å². The minimum absolute atomic E-state index is 0. The molecule has 0 N–H and O–H groups in total. The molecule has 0 radical (unpaired) electrons. The second-order valence-electron chi connectivity index (χ2n) is 10.3. The van der Waals surface area contributed by atoms with E-state index in [4.69, 9.17) is 4.74 Å². The third-order valence-electron chi connectivity index (χ3n) is 7.15. The maximum absolute atomic E-state index is 5.64. The first-order valence-corrected chi connectivity index (χ1v) is 13.9. The molecule has 1 aliphatic rings. The van der Waals surface area contributed by atoms with Crippen molar-refractivity contribution >= 4 is 7.05 Å². The van der Waals surface area contributed by atoms with Gasteiger partial charge in [0.1, 0.15) is 0 Å². The van der Waals surface area contributed by atoms with Crippen molar-refractivity contribution in [1.82, 2.24) is 0 Å². The van der Waals surface area contributed by atoms with E-state index >= 15 is 0 Å². The first kappa shape index (κ1) is 33.1. The molecule has 0 aliphatic heterocycles. The first-order valence-electron chi connectivity index (χ1n) is 12.2. The summed E-state index contributed by atoms with van der Waals surface area (Å²) in [4.78, 5) is 0. The Morgan fingerprint density at radius 2 is 1.35 bits per heavy atom. The molecule has 1 aliphatic carbocycles. The molecule has 178 valence electrons.